The van der Waals surface area contributed by atoms with Crippen LogP contribution in [0.5, 0.6) is 0 Å². The van der Waals surface area contributed by atoms with Gasteiger partial charge in [-0.25, -0.2) is 4.39 Å². The molecule has 5 heteroatoms. The van der Waals surface area contributed by atoms with Gasteiger partial charge in [0.2, 0.25) is 0 Å². The lowest BCUT2D eigenvalue weighted by molar-refractivity contribution is 0.0948. The monoisotopic (exact) mass is 271 g/mol. The van der Waals surface area contributed by atoms with Gasteiger partial charge in [-0.15, -0.1) is 12.6 Å². The molecule has 0 saturated carbocycles. The van der Waals surface area contributed by atoms with Crippen LogP contribution in [0.2, 0.25) is 0 Å². The average Bonchev–Trinajstić information content (AvgIpc) is 2.36. The molecule has 1 aromatic carbocycles. The largest absolute Gasteiger partial charge is 0.385 e. The predicted octanol–water partition coefficient (Wildman–Crippen LogP) is 2.66. The number of ether oxygens (including phenoxy) is 1. The van der Waals surface area contributed by atoms with Crippen LogP contribution < -0.4 is 5.32 Å². The molecule has 1 amide bonds. The molecule has 0 heterocycles. The molecule has 0 atom stereocenters. The standard InChI is InChI=1S/C13H18FNO2S/c1-17-8-4-2-3-7-15-13(16)11-9-10(18)5-6-12(11)14/h5-6,9,18H,2-4,7-8H2,1H3,(H,15,16). The Morgan fingerprint density at radius 2 is 2.17 bits per heavy atom. The Balaban J connectivity index is 2.34. The second-order valence-corrected chi connectivity index (χ2v) is 4.49. The van der Waals surface area contributed by atoms with E-state index >= 15 is 0 Å². The van der Waals surface area contributed by atoms with E-state index in [0.717, 1.165) is 25.9 Å². The molecule has 100 valence electrons. The van der Waals surface area contributed by atoms with Crippen molar-refractivity contribution in [3.63, 3.8) is 0 Å². The summed E-state index contributed by atoms with van der Waals surface area (Å²) >= 11 is 4.08. The molecule has 18 heavy (non-hydrogen) atoms. The van der Waals surface area contributed by atoms with Crippen LogP contribution >= 0.6 is 12.6 Å². The Hall–Kier alpha value is -1.07. The lowest BCUT2D eigenvalue weighted by Crippen LogP contribution is -2.25. The number of unbranched alkanes of at least 4 members (excludes halogenated alkanes) is 2. The highest BCUT2D eigenvalue weighted by atomic mass is 32.1. The second kappa shape index (κ2) is 8.11. The van der Waals surface area contributed by atoms with Crippen molar-refractivity contribution in [2.24, 2.45) is 0 Å². The topological polar surface area (TPSA) is 38.3 Å². The van der Waals surface area contributed by atoms with Crippen LogP contribution in [0.4, 0.5) is 4.39 Å². The maximum atomic E-state index is 13.4. The molecule has 0 aromatic heterocycles. The Bertz CT molecular complexity index is 399. The van der Waals surface area contributed by atoms with Crippen molar-refractivity contribution in [2.75, 3.05) is 20.3 Å². The van der Waals surface area contributed by atoms with Crippen LogP contribution in [0.25, 0.3) is 0 Å². The number of halogens is 1. The third kappa shape index (κ3) is 5.06. The van der Waals surface area contributed by atoms with Crippen molar-refractivity contribution < 1.29 is 13.9 Å². The normalized spacial score (nSPS) is 10.4. The predicted molar refractivity (Wildman–Crippen MR) is 71.7 cm³/mol. The fraction of sp³-hybridized carbons (Fsp3) is 0.462. The number of benzene rings is 1. The van der Waals surface area contributed by atoms with Crippen molar-refractivity contribution in [1.29, 1.82) is 0 Å². The molecular weight excluding hydrogens is 253 g/mol. The summed E-state index contributed by atoms with van der Waals surface area (Å²) in [4.78, 5) is 12.3. The molecular formula is C13H18FNO2S. The zero-order valence-corrected chi connectivity index (χ0v) is 11.3. The number of hydrogen-bond donors (Lipinski definition) is 2. The van der Waals surface area contributed by atoms with Gasteiger partial charge in [0.1, 0.15) is 5.82 Å². The number of thiol groups is 1. The molecule has 0 bridgehead atoms. The molecule has 0 unspecified atom stereocenters. The maximum Gasteiger partial charge on any atom is 0.254 e. The molecule has 0 aliphatic carbocycles. The first-order chi connectivity index (χ1) is 8.65. The van der Waals surface area contributed by atoms with Gasteiger partial charge >= 0.3 is 0 Å². The highest BCUT2D eigenvalue weighted by Gasteiger charge is 2.10. The van der Waals surface area contributed by atoms with E-state index < -0.39 is 11.7 Å². The summed E-state index contributed by atoms with van der Waals surface area (Å²) in [6.45, 7) is 1.27. The lowest BCUT2D eigenvalue weighted by Gasteiger charge is -2.06. The Morgan fingerprint density at radius 1 is 1.39 bits per heavy atom. The van der Waals surface area contributed by atoms with Gasteiger partial charge in [0, 0.05) is 25.2 Å². The van der Waals surface area contributed by atoms with Gasteiger partial charge in [0.15, 0.2) is 0 Å². The molecule has 3 nitrogen and oxygen atoms in total. The van der Waals surface area contributed by atoms with Gasteiger partial charge in [-0.2, -0.15) is 0 Å². The first kappa shape index (κ1) is 15.0. The van der Waals surface area contributed by atoms with E-state index in [2.05, 4.69) is 17.9 Å². The molecule has 0 radical (unpaired) electrons. The fourth-order valence-electron chi connectivity index (χ4n) is 1.53. The van der Waals surface area contributed by atoms with Crippen LogP contribution in [0.3, 0.4) is 0 Å². The molecule has 0 aliphatic rings. The molecule has 0 fully saturated rings. The number of hydrogen-bond acceptors (Lipinski definition) is 3. The van der Waals surface area contributed by atoms with Crippen LogP contribution in [-0.2, 0) is 4.74 Å². The van der Waals surface area contributed by atoms with E-state index in [4.69, 9.17) is 4.74 Å². The minimum atomic E-state index is -0.523. The van der Waals surface area contributed by atoms with Crippen molar-refractivity contribution in [2.45, 2.75) is 24.2 Å². The molecule has 1 aromatic rings. The third-order valence-electron chi connectivity index (χ3n) is 2.51. The Kier molecular flexibility index (Phi) is 6.75. The quantitative estimate of drug-likeness (QED) is 0.591. The Labute approximate surface area is 112 Å². The van der Waals surface area contributed by atoms with Crippen LogP contribution in [0, 0.1) is 5.82 Å². The summed E-state index contributed by atoms with van der Waals surface area (Å²) in [5.74, 6) is -0.917. The van der Waals surface area contributed by atoms with E-state index in [1.165, 1.54) is 18.2 Å². The number of carbonyl (C=O) groups is 1. The number of amides is 1. The first-order valence-corrected chi connectivity index (χ1v) is 6.35. The first-order valence-electron chi connectivity index (χ1n) is 5.91. The Morgan fingerprint density at radius 3 is 2.89 bits per heavy atom. The number of rotatable bonds is 7. The van der Waals surface area contributed by atoms with E-state index in [9.17, 15) is 9.18 Å². The van der Waals surface area contributed by atoms with Crippen molar-refractivity contribution in [3.05, 3.63) is 29.6 Å². The highest BCUT2D eigenvalue weighted by molar-refractivity contribution is 7.80. The van der Waals surface area contributed by atoms with Crippen molar-refractivity contribution in [3.8, 4) is 0 Å². The summed E-state index contributed by atoms with van der Waals surface area (Å²) in [7, 11) is 1.66. The minimum Gasteiger partial charge on any atom is -0.385 e. The summed E-state index contributed by atoms with van der Waals surface area (Å²) in [5.41, 5.74) is 0.0411. The van der Waals surface area contributed by atoms with Gasteiger partial charge in [-0.05, 0) is 37.5 Å². The molecule has 0 saturated heterocycles. The maximum absolute atomic E-state index is 13.4. The van der Waals surface area contributed by atoms with Crippen molar-refractivity contribution >= 4 is 18.5 Å². The zero-order valence-electron chi connectivity index (χ0n) is 10.4. The van der Waals surface area contributed by atoms with E-state index in [-0.39, 0.29) is 5.56 Å². The molecule has 1 N–H and O–H groups in total. The van der Waals surface area contributed by atoms with E-state index in [1.807, 2.05) is 0 Å². The fourth-order valence-corrected chi connectivity index (χ4v) is 1.74. The number of methoxy groups -OCH3 is 1. The molecule has 0 spiro atoms. The van der Waals surface area contributed by atoms with E-state index in [0.29, 0.717) is 11.4 Å². The second-order valence-electron chi connectivity index (χ2n) is 3.97. The molecule has 0 aliphatic heterocycles. The van der Waals surface area contributed by atoms with Gasteiger partial charge in [-0.3, -0.25) is 4.79 Å². The van der Waals surface area contributed by atoms with Gasteiger partial charge in [0.25, 0.3) is 5.91 Å². The van der Waals surface area contributed by atoms with Crippen molar-refractivity contribution in [1.82, 2.24) is 5.32 Å². The van der Waals surface area contributed by atoms with Crippen LogP contribution in [0.1, 0.15) is 29.6 Å². The van der Waals surface area contributed by atoms with Gasteiger partial charge in [-0.1, -0.05) is 0 Å². The zero-order chi connectivity index (χ0) is 13.4. The SMILES string of the molecule is COCCCCCNC(=O)c1cc(S)ccc1F. The van der Waals surface area contributed by atoms with E-state index in [1.54, 1.807) is 7.11 Å². The molecule has 1 rings (SSSR count). The van der Waals surface area contributed by atoms with Gasteiger partial charge in [0.05, 0.1) is 5.56 Å². The summed E-state index contributed by atoms with van der Waals surface area (Å²) in [5, 5.41) is 2.69. The number of carbonyl (C=O) groups excluding carboxylic acids is 1. The summed E-state index contributed by atoms with van der Waals surface area (Å²) in [6.07, 6.45) is 2.80. The van der Waals surface area contributed by atoms with Crippen LogP contribution in [-0.4, -0.2) is 26.2 Å². The highest BCUT2D eigenvalue weighted by Crippen LogP contribution is 2.13. The van der Waals surface area contributed by atoms with Gasteiger partial charge < -0.3 is 10.1 Å². The lowest BCUT2D eigenvalue weighted by atomic mass is 10.2. The minimum absolute atomic E-state index is 0.0411. The van der Waals surface area contributed by atoms with Crippen LogP contribution in [0.15, 0.2) is 23.1 Å². The summed E-state index contributed by atoms with van der Waals surface area (Å²) in [6, 6.07) is 4.19. The summed E-state index contributed by atoms with van der Waals surface area (Å²) < 4.78 is 18.3. The third-order valence-corrected chi connectivity index (χ3v) is 2.78. The average molecular weight is 271 g/mol. The smallest absolute Gasteiger partial charge is 0.254 e. The number of nitrogens with one attached hydrogen (secondary N) is 1.